The van der Waals surface area contributed by atoms with Gasteiger partial charge >= 0.3 is 0 Å². The van der Waals surface area contributed by atoms with Gasteiger partial charge in [-0.15, -0.1) is 0 Å². The van der Waals surface area contributed by atoms with Gasteiger partial charge in [0, 0.05) is 12.6 Å². The smallest absolute Gasteiger partial charge is 0.119 e. The topological polar surface area (TPSA) is 41.5 Å². The summed E-state index contributed by atoms with van der Waals surface area (Å²) in [6.07, 6.45) is 0.528. The second-order valence-electron chi connectivity index (χ2n) is 4.09. The molecule has 0 saturated carbocycles. The molecule has 0 aromatic heterocycles. The molecule has 0 fully saturated rings. The fraction of sp³-hybridized carbons (Fsp3) is 0.500. The number of hydrogen-bond acceptors (Lipinski definition) is 3. The summed E-state index contributed by atoms with van der Waals surface area (Å²) >= 11 is 0. The molecule has 1 heterocycles. The molecule has 2 rings (SSSR count). The molecule has 1 aromatic carbocycles. The zero-order valence-electron chi connectivity index (χ0n) is 9.16. The summed E-state index contributed by atoms with van der Waals surface area (Å²) in [5.41, 5.74) is 2.20. The van der Waals surface area contributed by atoms with Crippen molar-refractivity contribution in [1.82, 2.24) is 5.32 Å². The first kappa shape index (κ1) is 10.5. The lowest BCUT2D eigenvalue weighted by Gasteiger charge is -2.12. The third-order valence-electron chi connectivity index (χ3n) is 2.89. The van der Waals surface area contributed by atoms with E-state index in [1.54, 1.807) is 7.11 Å². The lowest BCUT2D eigenvalue weighted by Crippen LogP contribution is -2.28. The number of rotatable bonds is 1. The van der Waals surface area contributed by atoms with E-state index in [0.29, 0.717) is 12.6 Å². The number of nitrogens with one attached hydrogen (secondary N) is 1. The molecule has 2 unspecified atom stereocenters. The van der Waals surface area contributed by atoms with Crippen molar-refractivity contribution in [2.75, 3.05) is 13.7 Å². The van der Waals surface area contributed by atoms with Crippen LogP contribution in [0, 0.1) is 0 Å². The van der Waals surface area contributed by atoms with E-state index in [2.05, 4.69) is 12.2 Å². The number of methoxy groups -OCH3 is 1. The van der Waals surface area contributed by atoms with E-state index in [-0.39, 0.29) is 0 Å². The Morgan fingerprint density at radius 2 is 2.27 bits per heavy atom. The van der Waals surface area contributed by atoms with E-state index in [1.807, 2.05) is 18.2 Å². The number of benzene rings is 1. The monoisotopic (exact) mass is 207 g/mol. The highest BCUT2D eigenvalue weighted by Gasteiger charge is 2.19. The minimum Gasteiger partial charge on any atom is -0.497 e. The number of hydrogen-bond donors (Lipinski definition) is 2. The molecule has 1 aliphatic rings. The van der Waals surface area contributed by atoms with Gasteiger partial charge in [0.05, 0.1) is 13.2 Å². The van der Waals surface area contributed by atoms with E-state index in [1.165, 1.54) is 5.56 Å². The average Bonchev–Trinajstić information content (AvgIpc) is 2.38. The highest BCUT2D eigenvalue weighted by atomic mass is 16.5. The maximum atomic E-state index is 9.92. The molecule has 0 radical (unpaired) electrons. The van der Waals surface area contributed by atoms with Gasteiger partial charge in [-0.25, -0.2) is 0 Å². The van der Waals surface area contributed by atoms with E-state index < -0.39 is 6.10 Å². The van der Waals surface area contributed by atoms with Gasteiger partial charge in [-0.2, -0.15) is 0 Å². The van der Waals surface area contributed by atoms with Gasteiger partial charge in [0.25, 0.3) is 0 Å². The molecule has 0 saturated heterocycles. The predicted molar refractivity (Wildman–Crippen MR) is 59.1 cm³/mol. The molecule has 2 N–H and O–H groups in total. The summed E-state index contributed by atoms with van der Waals surface area (Å²) in [4.78, 5) is 0. The summed E-state index contributed by atoms with van der Waals surface area (Å²) in [6, 6.07) is 6.27. The molecule has 0 aliphatic carbocycles. The number of fused-ring (bicyclic) bond motifs is 1. The average molecular weight is 207 g/mol. The molecule has 2 atom stereocenters. The van der Waals surface area contributed by atoms with Crippen molar-refractivity contribution in [3.05, 3.63) is 29.3 Å². The van der Waals surface area contributed by atoms with E-state index in [9.17, 15) is 5.11 Å². The van der Waals surface area contributed by atoms with Crippen molar-refractivity contribution >= 4 is 0 Å². The van der Waals surface area contributed by atoms with Gasteiger partial charge in [0.2, 0.25) is 0 Å². The second-order valence-corrected chi connectivity index (χ2v) is 4.09. The van der Waals surface area contributed by atoms with Crippen LogP contribution in [0.5, 0.6) is 5.75 Å². The number of aliphatic hydroxyl groups excluding tert-OH is 1. The molecule has 0 amide bonds. The Balaban J connectivity index is 2.38. The molecular formula is C12H17NO2. The first-order valence-corrected chi connectivity index (χ1v) is 5.29. The maximum Gasteiger partial charge on any atom is 0.119 e. The Labute approximate surface area is 90.1 Å². The molecule has 15 heavy (non-hydrogen) atoms. The van der Waals surface area contributed by atoms with E-state index in [0.717, 1.165) is 17.7 Å². The van der Waals surface area contributed by atoms with E-state index in [4.69, 9.17) is 4.74 Å². The van der Waals surface area contributed by atoms with Crippen LogP contribution < -0.4 is 10.1 Å². The third kappa shape index (κ3) is 2.13. The number of ether oxygens (including phenoxy) is 1. The Hall–Kier alpha value is -1.06. The Bertz CT molecular complexity index is 351. The lowest BCUT2D eigenvalue weighted by molar-refractivity contribution is 0.175. The fourth-order valence-electron chi connectivity index (χ4n) is 2.04. The van der Waals surface area contributed by atoms with Crippen LogP contribution in [0.15, 0.2) is 18.2 Å². The van der Waals surface area contributed by atoms with Crippen molar-refractivity contribution in [1.29, 1.82) is 0 Å². The van der Waals surface area contributed by atoms with Crippen LogP contribution in [0.25, 0.3) is 0 Å². The number of aliphatic hydroxyl groups is 1. The molecule has 3 heteroatoms. The van der Waals surface area contributed by atoms with Crippen LogP contribution in [-0.2, 0) is 6.42 Å². The standard InChI is InChI=1S/C12H17NO2/c1-8-5-9-6-10(15-2)3-4-11(9)12(14)7-13-8/h3-4,6,8,12-14H,5,7H2,1-2H3. The SMILES string of the molecule is COc1ccc2c(c1)CC(C)NCC2O. The van der Waals surface area contributed by atoms with Crippen molar-refractivity contribution in [2.45, 2.75) is 25.5 Å². The maximum absolute atomic E-state index is 9.92. The molecule has 1 aliphatic heterocycles. The number of β-amino-alcohol motifs (C(OH)–C–C–N with tert-alkyl or cyclic N) is 1. The van der Waals surface area contributed by atoms with Gasteiger partial charge in [-0.1, -0.05) is 6.07 Å². The zero-order chi connectivity index (χ0) is 10.8. The fourth-order valence-corrected chi connectivity index (χ4v) is 2.04. The van der Waals surface area contributed by atoms with Gasteiger partial charge in [-0.3, -0.25) is 0 Å². The van der Waals surface area contributed by atoms with Gasteiger partial charge in [0.15, 0.2) is 0 Å². The van der Waals surface area contributed by atoms with Crippen LogP contribution in [-0.4, -0.2) is 24.8 Å². The lowest BCUT2D eigenvalue weighted by atomic mass is 9.99. The quantitative estimate of drug-likeness (QED) is 0.728. The largest absolute Gasteiger partial charge is 0.497 e. The van der Waals surface area contributed by atoms with Crippen LogP contribution in [0.4, 0.5) is 0 Å². The normalized spacial score (nSPS) is 25.5. The molecule has 0 spiro atoms. The van der Waals surface area contributed by atoms with Crippen LogP contribution in [0.2, 0.25) is 0 Å². The Morgan fingerprint density at radius 1 is 1.47 bits per heavy atom. The summed E-state index contributed by atoms with van der Waals surface area (Å²) in [5.74, 6) is 0.857. The van der Waals surface area contributed by atoms with Gasteiger partial charge < -0.3 is 15.2 Å². The van der Waals surface area contributed by atoms with Gasteiger partial charge in [-0.05, 0) is 36.6 Å². The van der Waals surface area contributed by atoms with Crippen molar-refractivity contribution in [3.63, 3.8) is 0 Å². The molecule has 0 bridgehead atoms. The van der Waals surface area contributed by atoms with E-state index >= 15 is 0 Å². The summed E-state index contributed by atoms with van der Waals surface area (Å²) in [6.45, 7) is 2.75. The second kappa shape index (κ2) is 4.21. The minimum atomic E-state index is -0.407. The third-order valence-corrected chi connectivity index (χ3v) is 2.89. The molecule has 82 valence electrons. The summed E-state index contributed by atoms with van der Waals surface area (Å²) in [7, 11) is 1.66. The minimum absolute atomic E-state index is 0.396. The predicted octanol–water partition coefficient (Wildman–Crippen LogP) is 1.26. The Morgan fingerprint density at radius 3 is 3.00 bits per heavy atom. The van der Waals surface area contributed by atoms with Crippen LogP contribution in [0.1, 0.15) is 24.2 Å². The molecule has 1 aromatic rings. The highest BCUT2D eigenvalue weighted by molar-refractivity contribution is 5.38. The highest BCUT2D eigenvalue weighted by Crippen LogP contribution is 2.26. The molecular weight excluding hydrogens is 190 g/mol. The first-order valence-electron chi connectivity index (χ1n) is 5.29. The van der Waals surface area contributed by atoms with Crippen molar-refractivity contribution < 1.29 is 9.84 Å². The van der Waals surface area contributed by atoms with Crippen molar-refractivity contribution in [3.8, 4) is 5.75 Å². The summed E-state index contributed by atoms with van der Waals surface area (Å²) < 4.78 is 5.19. The van der Waals surface area contributed by atoms with Crippen molar-refractivity contribution in [2.24, 2.45) is 0 Å². The van der Waals surface area contributed by atoms with Gasteiger partial charge in [0.1, 0.15) is 5.75 Å². The summed E-state index contributed by atoms with van der Waals surface area (Å²) in [5, 5.41) is 13.2. The van der Waals surface area contributed by atoms with Crippen LogP contribution in [0.3, 0.4) is 0 Å². The van der Waals surface area contributed by atoms with Crippen LogP contribution >= 0.6 is 0 Å². The zero-order valence-corrected chi connectivity index (χ0v) is 9.16. The molecule has 3 nitrogen and oxygen atoms in total. The first-order chi connectivity index (χ1) is 7.20. The Kier molecular flexibility index (Phi) is 2.93.